The van der Waals surface area contributed by atoms with E-state index in [4.69, 9.17) is 0 Å². The van der Waals surface area contributed by atoms with Crippen LogP contribution in [0.4, 0.5) is 0 Å². The Bertz CT molecular complexity index is 662. The van der Waals surface area contributed by atoms with Crippen molar-refractivity contribution < 1.29 is 14.7 Å². The number of hydrogen-bond donors (Lipinski definition) is 2. The molecule has 0 aliphatic carbocycles. The summed E-state index contributed by atoms with van der Waals surface area (Å²) in [5.74, 6) is -0.997. The van der Waals surface area contributed by atoms with Crippen molar-refractivity contribution in [3.63, 3.8) is 0 Å². The maximum atomic E-state index is 11.8. The monoisotopic (exact) mass is 272 g/mol. The molecular formula is C15H16N2O3. The van der Waals surface area contributed by atoms with Gasteiger partial charge in [0.15, 0.2) is 0 Å². The van der Waals surface area contributed by atoms with E-state index in [-0.39, 0.29) is 5.91 Å². The summed E-state index contributed by atoms with van der Waals surface area (Å²) in [7, 11) is 0. The highest BCUT2D eigenvalue weighted by atomic mass is 16.4. The Morgan fingerprint density at radius 3 is 2.90 bits per heavy atom. The van der Waals surface area contributed by atoms with Crippen LogP contribution in [0.25, 0.3) is 10.9 Å². The van der Waals surface area contributed by atoms with Gasteiger partial charge in [-0.2, -0.15) is 0 Å². The number of para-hydroxylation sites is 1. The van der Waals surface area contributed by atoms with E-state index in [0.717, 1.165) is 22.9 Å². The Labute approximate surface area is 116 Å². The van der Waals surface area contributed by atoms with Crippen LogP contribution >= 0.6 is 0 Å². The highest BCUT2D eigenvalue weighted by molar-refractivity contribution is 5.87. The molecule has 1 aromatic heterocycles. The summed E-state index contributed by atoms with van der Waals surface area (Å²) in [6, 6.07) is 7.00. The molecule has 2 N–H and O–H groups in total. The Hall–Kier alpha value is -2.30. The maximum absolute atomic E-state index is 11.8. The summed E-state index contributed by atoms with van der Waals surface area (Å²) in [4.78, 5) is 27.9. The molecular weight excluding hydrogens is 256 g/mol. The van der Waals surface area contributed by atoms with Gasteiger partial charge in [-0.15, -0.1) is 0 Å². The first-order chi connectivity index (χ1) is 9.66. The number of nitrogens with zero attached hydrogens (tertiary/aromatic N) is 1. The first-order valence-electron chi connectivity index (χ1n) is 6.74. The minimum absolute atomic E-state index is 0.0581. The number of aromatic amines is 1. The Balaban J connectivity index is 1.90. The number of fused-ring (bicyclic) bond motifs is 1. The van der Waals surface area contributed by atoms with Crippen molar-refractivity contribution in [2.24, 2.45) is 0 Å². The lowest BCUT2D eigenvalue weighted by atomic mass is 10.0. The predicted molar refractivity (Wildman–Crippen MR) is 74.4 cm³/mol. The molecule has 1 aliphatic rings. The topological polar surface area (TPSA) is 73.4 Å². The van der Waals surface area contributed by atoms with Crippen LogP contribution in [0.1, 0.15) is 18.4 Å². The molecule has 2 aromatic rings. The second kappa shape index (κ2) is 5.00. The van der Waals surface area contributed by atoms with E-state index < -0.39 is 12.0 Å². The van der Waals surface area contributed by atoms with Gasteiger partial charge in [0.1, 0.15) is 6.04 Å². The Morgan fingerprint density at radius 1 is 1.40 bits per heavy atom. The summed E-state index contributed by atoms with van der Waals surface area (Å²) in [5, 5.41) is 10.4. The zero-order valence-electron chi connectivity index (χ0n) is 11.0. The van der Waals surface area contributed by atoms with E-state index in [9.17, 15) is 14.7 Å². The third-order valence-electron chi connectivity index (χ3n) is 3.86. The molecule has 5 nitrogen and oxygen atoms in total. The van der Waals surface area contributed by atoms with E-state index in [1.165, 1.54) is 4.90 Å². The van der Waals surface area contributed by atoms with Gasteiger partial charge < -0.3 is 15.0 Å². The molecule has 20 heavy (non-hydrogen) atoms. The quantitative estimate of drug-likeness (QED) is 0.891. The summed E-state index contributed by atoms with van der Waals surface area (Å²) in [6.45, 7) is 0.540. The summed E-state index contributed by atoms with van der Waals surface area (Å²) < 4.78 is 0. The molecule has 0 spiro atoms. The number of H-pyrrole nitrogens is 1. The van der Waals surface area contributed by atoms with E-state index in [1.807, 2.05) is 30.5 Å². The molecule has 1 unspecified atom stereocenters. The van der Waals surface area contributed by atoms with E-state index >= 15 is 0 Å². The van der Waals surface area contributed by atoms with E-state index in [1.54, 1.807) is 0 Å². The molecule has 1 aliphatic heterocycles. The lowest BCUT2D eigenvalue weighted by molar-refractivity contribution is -0.148. The van der Waals surface area contributed by atoms with E-state index in [0.29, 0.717) is 19.4 Å². The van der Waals surface area contributed by atoms with Crippen LogP contribution < -0.4 is 0 Å². The summed E-state index contributed by atoms with van der Waals surface area (Å²) in [5.41, 5.74) is 1.92. The van der Waals surface area contributed by atoms with E-state index in [2.05, 4.69) is 4.98 Å². The van der Waals surface area contributed by atoms with Crippen LogP contribution in [-0.2, 0) is 16.0 Å². The number of carboxylic acid groups (broad SMARTS) is 1. The van der Waals surface area contributed by atoms with Crippen molar-refractivity contribution >= 4 is 22.8 Å². The number of rotatable bonds is 4. The molecule has 1 saturated heterocycles. The number of nitrogens with one attached hydrogen (secondary N) is 1. The van der Waals surface area contributed by atoms with Gasteiger partial charge in [-0.3, -0.25) is 4.79 Å². The van der Waals surface area contributed by atoms with Crippen molar-refractivity contribution in [3.8, 4) is 0 Å². The first kappa shape index (κ1) is 12.7. The zero-order chi connectivity index (χ0) is 14.1. The fraction of sp³-hybridized carbons (Fsp3) is 0.333. The number of carboxylic acids is 1. The summed E-state index contributed by atoms with van der Waals surface area (Å²) >= 11 is 0. The van der Waals surface area contributed by atoms with Gasteiger partial charge in [0, 0.05) is 36.5 Å². The number of aliphatic carboxylic acids is 1. The predicted octanol–water partition coefficient (Wildman–Crippen LogP) is 1.79. The molecule has 3 rings (SSSR count). The third kappa shape index (κ3) is 2.15. The highest BCUT2D eigenvalue weighted by Gasteiger charge is 2.33. The molecule has 2 heterocycles. The molecule has 0 radical (unpaired) electrons. The molecule has 0 saturated carbocycles. The van der Waals surface area contributed by atoms with Crippen LogP contribution in [0.3, 0.4) is 0 Å². The largest absolute Gasteiger partial charge is 0.480 e. The van der Waals surface area contributed by atoms with Gasteiger partial charge >= 0.3 is 5.97 Å². The zero-order valence-corrected chi connectivity index (χ0v) is 11.0. The number of amides is 1. The Kier molecular flexibility index (Phi) is 3.18. The second-order valence-electron chi connectivity index (χ2n) is 5.11. The fourth-order valence-electron chi connectivity index (χ4n) is 2.84. The number of likely N-dealkylation sites (tertiary alicyclic amines) is 1. The number of benzene rings is 1. The standard InChI is InChI=1S/C15H16N2O3/c18-14-6-3-7-17(14)13(15(19)20)8-10-9-16-12-5-2-1-4-11(10)12/h1-2,4-5,9,13,16H,3,6-8H2,(H,19,20). The number of carbonyl (C=O) groups excluding carboxylic acids is 1. The molecule has 104 valence electrons. The second-order valence-corrected chi connectivity index (χ2v) is 5.11. The van der Waals surface area contributed by atoms with Crippen LogP contribution in [0.15, 0.2) is 30.5 Å². The first-order valence-corrected chi connectivity index (χ1v) is 6.74. The van der Waals surface area contributed by atoms with Crippen LogP contribution in [0, 0.1) is 0 Å². The smallest absolute Gasteiger partial charge is 0.326 e. The highest BCUT2D eigenvalue weighted by Crippen LogP contribution is 2.22. The molecule has 5 heteroatoms. The molecule has 1 aromatic carbocycles. The maximum Gasteiger partial charge on any atom is 0.326 e. The SMILES string of the molecule is O=C(O)C(Cc1c[nH]c2ccccc12)N1CCCC1=O. The minimum atomic E-state index is -0.939. The van der Waals surface area contributed by atoms with Crippen molar-refractivity contribution in [1.29, 1.82) is 0 Å². The normalized spacial score (nSPS) is 16.8. The van der Waals surface area contributed by atoms with Gasteiger partial charge in [-0.25, -0.2) is 4.79 Å². The van der Waals surface area contributed by atoms with Gasteiger partial charge in [-0.05, 0) is 18.1 Å². The fourth-order valence-corrected chi connectivity index (χ4v) is 2.84. The number of carbonyl (C=O) groups is 2. The molecule has 0 bridgehead atoms. The van der Waals surface area contributed by atoms with Crippen molar-refractivity contribution in [1.82, 2.24) is 9.88 Å². The van der Waals surface area contributed by atoms with Crippen LogP contribution in [0.2, 0.25) is 0 Å². The third-order valence-corrected chi connectivity index (χ3v) is 3.86. The van der Waals surface area contributed by atoms with Crippen molar-refractivity contribution in [3.05, 3.63) is 36.0 Å². The lowest BCUT2D eigenvalue weighted by Crippen LogP contribution is -2.43. The Morgan fingerprint density at radius 2 is 2.20 bits per heavy atom. The molecule has 1 atom stereocenters. The van der Waals surface area contributed by atoms with Gasteiger partial charge in [0.2, 0.25) is 5.91 Å². The van der Waals surface area contributed by atoms with Crippen LogP contribution in [-0.4, -0.2) is 39.5 Å². The van der Waals surface area contributed by atoms with Crippen LogP contribution in [0.5, 0.6) is 0 Å². The lowest BCUT2D eigenvalue weighted by Gasteiger charge is -2.23. The average molecular weight is 272 g/mol. The van der Waals surface area contributed by atoms with Crippen molar-refractivity contribution in [2.45, 2.75) is 25.3 Å². The number of aromatic nitrogens is 1. The van der Waals surface area contributed by atoms with Gasteiger partial charge in [-0.1, -0.05) is 18.2 Å². The average Bonchev–Trinajstić information content (AvgIpc) is 3.02. The molecule has 1 fully saturated rings. The number of hydrogen-bond acceptors (Lipinski definition) is 2. The van der Waals surface area contributed by atoms with Crippen molar-refractivity contribution in [2.75, 3.05) is 6.54 Å². The minimum Gasteiger partial charge on any atom is -0.480 e. The van der Waals surface area contributed by atoms with Gasteiger partial charge in [0.25, 0.3) is 0 Å². The van der Waals surface area contributed by atoms with Gasteiger partial charge in [0.05, 0.1) is 0 Å². The molecule has 1 amide bonds. The summed E-state index contributed by atoms with van der Waals surface area (Å²) in [6.07, 6.45) is 3.38.